The third-order valence-electron chi connectivity index (χ3n) is 1.56. The molecule has 0 aliphatic carbocycles. The summed E-state index contributed by atoms with van der Waals surface area (Å²) in [6.07, 6.45) is 0. The predicted octanol–water partition coefficient (Wildman–Crippen LogP) is 1.59. The molecule has 0 spiro atoms. The fourth-order valence-electron chi connectivity index (χ4n) is 0.927. The first-order valence-corrected chi connectivity index (χ1v) is 4.06. The van der Waals surface area contributed by atoms with Gasteiger partial charge in [-0.05, 0) is 17.7 Å². The Morgan fingerprint density at radius 2 is 2.23 bits per heavy atom. The highest BCUT2D eigenvalue weighted by Gasteiger charge is 1.95. The maximum absolute atomic E-state index is 8.73. The normalized spacial score (nSPS) is 10.0. The first-order chi connectivity index (χ1) is 6.36. The molecule has 0 heterocycles. The van der Waals surface area contributed by atoms with Crippen molar-refractivity contribution in [1.29, 1.82) is 0 Å². The monoisotopic (exact) mass is 181 g/mol. The molecule has 1 aromatic carbocycles. The van der Waals surface area contributed by atoms with Gasteiger partial charge in [-0.1, -0.05) is 12.1 Å². The number of benzene rings is 1. The zero-order valence-electron chi connectivity index (χ0n) is 7.56. The summed E-state index contributed by atoms with van der Waals surface area (Å²) in [5.41, 5.74) is 0.731. The summed E-state index contributed by atoms with van der Waals surface area (Å²) < 4.78 is 10.2. The molecular formula is C10H13O3. The van der Waals surface area contributed by atoms with E-state index in [0.29, 0.717) is 13.2 Å². The highest BCUT2D eigenvalue weighted by atomic mass is 16.5. The lowest BCUT2D eigenvalue weighted by atomic mass is 10.2. The minimum absolute atomic E-state index is 0.519. The third-order valence-corrected chi connectivity index (χ3v) is 1.56. The van der Waals surface area contributed by atoms with Crippen LogP contribution in [0.3, 0.4) is 0 Å². The second-order valence-corrected chi connectivity index (χ2v) is 2.54. The van der Waals surface area contributed by atoms with Crippen molar-refractivity contribution in [2.45, 2.75) is 0 Å². The zero-order chi connectivity index (χ0) is 9.52. The van der Waals surface area contributed by atoms with Gasteiger partial charge in [0.1, 0.15) is 19.0 Å². The number of ether oxygens (including phenoxy) is 2. The minimum atomic E-state index is 0.519. The Labute approximate surface area is 77.9 Å². The fraction of sp³-hybridized carbons (Fsp3) is 0.300. The number of aliphatic hydroxyl groups excluding tert-OH is 1. The van der Waals surface area contributed by atoms with Crippen molar-refractivity contribution in [3.63, 3.8) is 0 Å². The van der Waals surface area contributed by atoms with Gasteiger partial charge in [0.15, 0.2) is 0 Å². The molecular weight excluding hydrogens is 168 g/mol. The van der Waals surface area contributed by atoms with Gasteiger partial charge in [-0.3, -0.25) is 0 Å². The molecule has 1 rings (SSSR count). The van der Waals surface area contributed by atoms with E-state index >= 15 is 0 Å². The molecule has 71 valence electrons. The molecule has 3 nitrogen and oxygen atoms in total. The van der Waals surface area contributed by atoms with E-state index in [1.807, 2.05) is 12.1 Å². The van der Waals surface area contributed by atoms with E-state index in [-0.39, 0.29) is 0 Å². The second kappa shape index (κ2) is 5.56. The number of aliphatic hydroxyl groups is 1. The van der Waals surface area contributed by atoms with Crippen LogP contribution in [0.4, 0.5) is 0 Å². The molecule has 0 fully saturated rings. The lowest BCUT2D eigenvalue weighted by Crippen LogP contribution is -2.04. The van der Waals surface area contributed by atoms with Crippen molar-refractivity contribution in [2.24, 2.45) is 0 Å². The van der Waals surface area contributed by atoms with Crippen LogP contribution in [0, 0.1) is 6.61 Å². The van der Waals surface area contributed by atoms with Crippen LogP contribution < -0.4 is 4.74 Å². The Kier molecular flexibility index (Phi) is 4.29. The van der Waals surface area contributed by atoms with Crippen LogP contribution in [0.15, 0.2) is 24.3 Å². The fourth-order valence-corrected chi connectivity index (χ4v) is 0.927. The molecule has 0 atom stereocenters. The largest absolute Gasteiger partial charge is 0.491 e. The highest BCUT2D eigenvalue weighted by molar-refractivity contribution is 5.31. The van der Waals surface area contributed by atoms with Crippen LogP contribution in [-0.4, -0.2) is 25.4 Å². The van der Waals surface area contributed by atoms with Crippen LogP contribution >= 0.6 is 0 Å². The molecule has 0 aliphatic rings. The Bertz CT molecular complexity index is 248. The van der Waals surface area contributed by atoms with Crippen molar-refractivity contribution in [1.82, 2.24) is 0 Å². The Morgan fingerprint density at radius 1 is 1.38 bits per heavy atom. The van der Waals surface area contributed by atoms with Gasteiger partial charge in [0.2, 0.25) is 0 Å². The van der Waals surface area contributed by atoms with Crippen molar-refractivity contribution >= 4 is 0 Å². The summed E-state index contributed by atoms with van der Waals surface area (Å²) >= 11 is 0. The van der Waals surface area contributed by atoms with Gasteiger partial charge >= 0.3 is 0 Å². The van der Waals surface area contributed by atoms with E-state index in [4.69, 9.17) is 14.6 Å². The SMILES string of the molecule is COCCOc1cccc([CH]O)c1. The number of hydrogen-bond acceptors (Lipinski definition) is 3. The summed E-state index contributed by atoms with van der Waals surface area (Å²) in [5.74, 6) is 0.736. The van der Waals surface area contributed by atoms with Crippen LogP contribution in [0.25, 0.3) is 0 Å². The molecule has 0 aliphatic heterocycles. The average molecular weight is 181 g/mol. The molecule has 0 aromatic heterocycles. The smallest absolute Gasteiger partial charge is 0.119 e. The lowest BCUT2D eigenvalue weighted by molar-refractivity contribution is 0.146. The summed E-state index contributed by atoms with van der Waals surface area (Å²) in [6.45, 7) is 2.13. The van der Waals surface area contributed by atoms with E-state index in [1.54, 1.807) is 19.2 Å². The highest BCUT2D eigenvalue weighted by Crippen LogP contribution is 2.13. The standard InChI is InChI=1S/C10H13O3/c1-12-5-6-13-10-4-2-3-9(7-10)8-11/h2-4,7-8,11H,5-6H2,1H3. The van der Waals surface area contributed by atoms with Gasteiger partial charge in [0.05, 0.1) is 6.61 Å². The molecule has 0 saturated heterocycles. The first kappa shape index (κ1) is 10.0. The zero-order valence-corrected chi connectivity index (χ0v) is 7.56. The van der Waals surface area contributed by atoms with Gasteiger partial charge in [0.25, 0.3) is 0 Å². The summed E-state index contributed by atoms with van der Waals surface area (Å²) in [5, 5.41) is 8.73. The topological polar surface area (TPSA) is 38.7 Å². The van der Waals surface area contributed by atoms with E-state index in [0.717, 1.165) is 17.9 Å². The maximum Gasteiger partial charge on any atom is 0.119 e. The van der Waals surface area contributed by atoms with Gasteiger partial charge in [-0.2, -0.15) is 0 Å². The van der Waals surface area contributed by atoms with Crippen molar-refractivity contribution in [3.8, 4) is 5.75 Å². The number of methoxy groups -OCH3 is 1. The number of rotatable bonds is 5. The molecule has 1 N–H and O–H groups in total. The van der Waals surface area contributed by atoms with Crippen molar-refractivity contribution < 1.29 is 14.6 Å². The lowest BCUT2D eigenvalue weighted by Gasteiger charge is -2.05. The third kappa shape index (κ3) is 3.44. The minimum Gasteiger partial charge on any atom is -0.491 e. The van der Waals surface area contributed by atoms with Gasteiger partial charge < -0.3 is 14.6 Å². The number of hydrogen-bond donors (Lipinski definition) is 1. The van der Waals surface area contributed by atoms with E-state index in [9.17, 15) is 0 Å². The van der Waals surface area contributed by atoms with E-state index in [2.05, 4.69) is 0 Å². The van der Waals surface area contributed by atoms with Gasteiger partial charge in [-0.25, -0.2) is 0 Å². The van der Waals surface area contributed by atoms with E-state index < -0.39 is 0 Å². The Balaban J connectivity index is 2.46. The molecule has 13 heavy (non-hydrogen) atoms. The summed E-state index contributed by atoms with van der Waals surface area (Å²) in [7, 11) is 1.63. The van der Waals surface area contributed by atoms with Crippen molar-refractivity contribution in [2.75, 3.05) is 20.3 Å². The molecule has 1 radical (unpaired) electrons. The maximum atomic E-state index is 8.73. The average Bonchev–Trinajstić information content (AvgIpc) is 2.19. The van der Waals surface area contributed by atoms with Crippen LogP contribution in [0.1, 0.15) is 5.56 Å². The summed E-state index contributed by atoms with van der Waals surface area (Å²) in [6, 6.07) is 7.21. The van der Waals surface area contributed by atoms with Gasteiger partial charge in [-0.15, -0.1) is 0 Å². The van der Waals surface area contributed by atoms with Crippen LogP contribution in [0.5, 0.6) is 5.75 Å². The molecule has 0 amide bonds. The van der Waals surface area contributed by atoms with Crippen LogP contribution in [0.2, 0.25) is 0 Å². The Morgan fingerprint density at radius 3 is 2.92 bits per heavy atom. The Hall–Kier alpha value is -1.06. The van der Waals surface area contributed by atoms with E-state index in [1.165, 1.54) is 0 Å². The molecule has 0 saturated carbocycles. The molecule has 0 bridgehead atoms. The summed E-state index contributed by atoms with van der Waals surface area (Å²) in [4.78, 5) is 0. The molecule has 0 unspecified atom stereocenters. The second-order valence-electron chi connectivity index (χ2n) is 2.54. The van der Waals surface area contributed by atoms with Crippen LogP contribution in [-0.2, 0) is 4.74 Å². The molecule has 3 heteroatoms. The first-order valence-electron chi connectivity index (χ1n) is 4.06. The quantitative estimate of drug-likeness (QED) is 0.701. The van der Waals surface area contributed by atoms with Gasteiger partial charge in [0, 0.05) is 7.11 Å². The van der Waals surface area contributed by atoms with Crippen molar-refractivity contribution in [3.05, 3.63) is 36.4 Å². The predicted molar refractivity (Wildman–Crippen MR) is 49.2 cm³/mol. The molecule has 1 aromatic rings.